The summed E-state index contributed by atoms with van der Waals surface area (Å²) in [5, 5.41) is 12.3. The average molecular weight is 497 g/mol. The molecule has 0 aromatic carbocycles. The first-order valence-electron chi connectivity index (χ1n) is 12.7. The van der Waals surface area contributed by atoms with Crippen molar-refractivity contribution in [2.45, 2.75) is 107 Å². The van der Waals surface area contributed by atoms with Crippen molar-refractivity contribution in [3.63, 3.8) is 0 Å². The van der Waals surface area contributed by atoms with Crippen LogP contribution in [0.4, 0.5) is 5.13 Å². The molecule has 33 heavy (non-hydrogen) atoms. The summed E-state index contributed by atoms with van der Waals surface area (Å²) in [6, 6.07) is 0. The van der Waals surface area contributed by atoms with E-state index >= 15 is 0 Å². The Morgan fingerprint density at radius 2 is 1.79 bits per heavy atom. The van der Waals surface area contributed by atoms with Crippen molar-refractivity contribution in [3.05, 3.63) is 6.20 Å². The number of rotatable bonds is 11. The van der Waals surface area contributed by atoms with Crippen molar-refractivity contribution >= 4 is 40.1 Å². The number of carboxylic acids is 1. The quantitative estimate of drug-likeness (QED) is 0.265. The highest BCUT2D eigenvalue weighted by Gasteiger charge is 2.33. The maximum absolute atomic E-state index is 12.7. The third kappa shape index (κ3) is 9.21. The van der Waals surface area contributed by atoms with Crippen molar-refractivity contribution in [2.24, 2.45) is 17.8 Å². The molecule has 1 aromatic rings. The molecule has 0 bridgehead atoms. The van der Waals surface area contributed by atoms with Crippen LogP contribution in [-0.2, 0) is 14.3 Å². The van der Waals surface area contributed by atoms with Gasteiger partial charge in [-0.05, 0) is 63.7 Å². The Hall–Kier alpha value is -1.12. The summed E-state index contributed by atoms with van der Waals surface area (Å²) in [4.78, 5) is 27.7. The van der Waals surface area contributed by atoms with Gasteiger partial charge in [0.1, 0.15) is 0 Å². The summed E-state index contributed by atoms with van der Waals surface area (Å²) in [6.07, 6.45) is 16.5. The Morgan fingerprint density at radius 3 is 2.42 bits per heavy atom. The number of ether oxygens (including phenoxy) is 1. The standard InChI is InChI=1S/C25H40N2O4S2/c1-17(2)31-20-11-9-19(10-12-20)21(18-7-5-3-4-6-8-18)13-14-22(28)27-25-26-15-24(33-25)32-16-23(29)30/h15,17-21H,3-14,16H2,1-2H3,(H,29,30)(H,26,27,28). The van der Waals surface area contributed by atoms with Gasteiger partial charge in [-0.3, -0.25) is 9.59 Å². The second kappa shape index (κ2) is 13.7. The lowest BCUT2D eigenvalue weighted by Crippen LogP contribution is -2.31. The van der Waals surface area contributed by atoms with Gasteiger partial charge in [0.2, 0.25) is 5.91 Å². The molecule has 2 N–H and O–H groups in total. The smallest absolute Gasteiger partial charge is 0.313 e. The molecule has 2 saturated carbocycles. The highest BCUT2D eigenvalue weighted by atomic mass is 32.2. The van der Waals surface area contributed by atoms with E-state index in [1.54, 1.807) is 6.20 Å². The third-order valence-electron chi connectivity index (χ3n) is 7.07. The van der Waals surface area contributed by atoms with Crippen LogP contribution in [0.2, 0.25) is 0 Å². The lowest BCUT2D eigenvalue weighted by Gasteiger charge is -2.38. The molecule has 2 aliphatic rings. The number of nitrogens with zero attached hydrogens (tertiary/aromatic N) is 1. The molecule has 8 heteroatoms. The summed E-state index contributed by atoms with van der Waals surface area (Å²) in [5.41, 5.74) is 0. The van der Waals surface area contributed by atoms with E-state index in [2.05, 4.69) is 24.1 Å². The fraction of sp³-hybridized carbons (Fsp3) is 0.800. The lowest BCUT2D eigenvalue weighted by molar-refractivity contribution is -0.133. The first-order valence-corrected chi connectivity index (χ1v) is 14.5. The first kappa shape index (κ1) is 26.5. The minimum atomic E-state index is -0.853. The molecule has 3 rings (SSSR count). The Balaban J connectivity index is 1.53. The number of aromatic nitrogens is 1. The number of aliphatic carboxylic acids is 1. The van der Waals surface area contributed by atoms with Gasteiger partial charge in [-0.2, -0.15) is 0 Å². The topological polar surface area (TPSA) is 88.5 Å². The van der Waals surface area contributed by atoms with Gasteiger partial charge in [-0.15, -0.1) is 11.8 Å². The van der Waals surface area contributed by atoms with Crippen molar-refractivity contribution < 1.29 is 19.4 Å². The molecule has 1 aromatic heterocycles. The number of carbonyl (C=O) groups excluding carboxylic acids is 1. The van der Waals surface area contributed by atoms with E-state index in [0.29, 0.717) is 35.6 Å². The number of hydrogen-bond acceptors (Lipinski definition) is 6. The Kier molecular flexibility index (Phi) is 11.0. The minimum absolute atomic E-state index is 0.00308. The molecule has 2 fully saturated rings. The zero-order chi connectivity index (χ0) is 23.6. The fourth-order valence-corrected chi connectivity index (χ4v) is 7.24. The van der Waals surface area contributed by atoms with Gasteiger partial charge >= 0.3 is 5.97 Å². The zero-order valence-corrected chi connectivity index (χ0v) is 21.7. The van der Waals surface area contributed by atoms with E-state index in [1.807, 2.05) is 0 Å². The van der Waals surface area contributed by atoms with Gasteiger partial charge in [-0.25, -0.2) is 4.98 Å². The molecule has 1 heterocycles. The van der Waals surface area contributed by atoms with E-state index in [-0.39, 0.29) is 11.7 Å². The molecule has 0 aliphatic heterocycles. The molecule has 0 spiro atoms. The van der Waals surface area contributed by atoms with Crippen molar-refractivity contribution in [1.29, 1.82) is 0 Å². The molecule has 2 aliphatic carbocycles. The highest BCUT2D eigenvalue weighted by molar-refractivity contribution is 8.01. The normalized spacial score (nSPS) is 23.2. The van der Waals surface area contributed by atoms with Crippen LogP contribution in [0.25, 0.3) is 0 Å². The number of nitrogens with one attached hydrogen (secondary N) is 1. The third-order valence-corrected chi connectivity index (χ3v) is 9.16. The summed E-state index contributed by atoms with van der Waals surface area (Å²) < 4.78 is 6.89. The predicted octanol–water partition coefficient (Wildman–Crippen LogP) is 6.61. The maximum atomic E-state index is 12.7. The van der Waals surface area contributed by atoms with Gasteiger partial charge in [0.25, 0.3) is 0 Å². The van der Waals surface area contributed by atoms with Gasteiger partial charge < -0.3 is 15.2 Å². The number of amides is 1. The molecular weight excluding hydrogens is 456 g/mol. The van der Waals surface area contributed by atoms with Crippen LogP contribution in [0.5, 0.6) is 0 Å². The molecule has 186 valence electrons. The van der Waals surface area contributed by atoms with Crippen LogP contribution in [0, 0.1) is 17.8 Å². The van der Waals surface area contributed by atoms with Crippen LogP contribution >= 0.6 is 23.1 Å². The maximum Gasteiger partial charge on any atom is 0.313 e. The first-order chi connectivity index (χ1) is 15.9. The largest absolute Gasteiger partial charge is 0.481 e. The van der Waals surface area contributed by atoms with E-state index in [9.17, 15) is 9.59 Å². The fourth-order valence-electron chi connectivity index (χ4n) is 5.63. The van der Waals surface area contributed by atoms with E-state index in [4.69, 9.17) is 9.84 Å². The van der Waals surface area contributed by atoms with Crippen LogP contribution in [-0.4, -0.2) is 39.9 Å². The Labute approximate surface area is 206 Å². The number of anilines is 1. The Morgan fingerprint density at radius 1 is 1.12 bits per heavy atom. The van der Waals surface area contributed by atoms with Crippen molar-refractivity contribution in [1.82, 2.24) is 4.98 Å². The molecule has 1 amide bonds. The van der Waals surface area contributed by atoms with Crippen LogP contribution in [0.15, 0.2) is 10.4 Å². The van der Waals surface area contributed by atoms with Crippen LogP contribution in [0.1, 0.15) is 90.9 Å². The summed E-state index contributed by atoms with van der Waals surface area (Å²) in [7, 11) is 0. The number of thiazole rings is 1. The highest BCUT2D eigenvalue weighted by Crippen LogP contribution is 2.42. The molecule has 0 saturated heterocycles. The van der Waals surface area contributed by atoms with Crippen LogP contribution in [0.3, 0.4) is 0 Å². The second-order valence-corrected chi connectivity index (χ2v) is 12.2. The van der Waals surface area contributed by atoms with Gasteiger partial charge in [0.15, 0.2) is 5.13 Å². The number of carboxylic acid groups (broad SMARTS) is 1. The van der Waals surface area contributed by atoms with Gasteiger partial charge in [-0.1, -0.05) is 49.9 Å². The van der Waals surface area contributed by atoms with Gasteiger partial charge in [0.05, 0.1) is 28.4 Å². The summed E-state index contributed by atoms with van der Waals surface area (Å²) in [5.74, 6) is 1.23. The van der Waals surface area contributed by atoms with E-state index < -0.39 is 5.97 Å². The van der Waals surface area contributed by atoms with Gasteiger partial charge in [0, 0.05) is 6.42 Å². The average Bonchev–Trinajstić information content (AvgIpc) is 3.04. The van der Waals surface area contributed by atoms with Crippen molar-refractivity contribution in [3.8, 4) is 0 Å². The summed E-state index contributed by atoms with van der Waals surface area (Å²) >= 11 is 2.58. The monoisotopic (exact) mass is 496 g/mol. The van der Waals surface area contributed by atoms with E-state index in [1.165, 1.54) is 74.5 Å². The Bertz CT molecular complexity index is 739. The number of thioether (sulfide) groups is 1. The molecule has 0 radical (unpaired) electrons. The van der Waals surface area contributed by atoms with E-state index in [0.717, 1.165) is 29.4 Å². The van der Waals surface area contributed by atoms with Crippen LogP contribution < -0.4 is 5.32 Å². The second-order valence-electron chi connectivity index (χ2n) is 9.89. The molecule has 1 atom stereocenters. The zero-order valence-electron chi connectivity index (χ0n) is 20.1. The molecule has 6 nitrogen and oxygen atoms in total. The number of hydrogen-bond donors (Lipinski definition) is 2. The SMILES string of the molecule is CC(C)OC1CCC(C(CCC(=O)Nc2ncc(SCC(=O)O)s2)C2CCCCCC2)CC1. The number of carbonyl (C=O) groups is 2. The molecule has 1 unspecified atom stereocenters. The molecular formula is C25H40N2O4S2. The minimum Gasteiger partial charge on any atom is -0.481 e. The summed E-state index contributed by atoms with van der Waals surface area (Å²) in [6.45, 7) is 4.24. The predicted molar refractivity (Wildman–Crippen MR) is 135 cm³/mol. The van der Waals surface area contributed by atoms with Crippen molar-refractivity contribution in [2.75, 3.05) is 11.1 Å². The lowest BCUT2D eigenvalue weighted by atomic mass is 9.69.